The lowest BCUT2D eigenvalue weighted by molar-refractivity contribution is 0.477. The summed E-state index contributed by atoms with van der Waals surface area (Å²) in [6.07, 6.45) is 2.79. The monoisotopic (exact) mass is 203 g/mol. The number of nitrogens with zero attached hydrogens (tertiary/aromatic N) is 1. The minimum absolute atomic E-state index is 0.407. The summed E-state index contributed by atoms with van der Waals surface area (Å²) in [6.45, 7) is 0. The van der Waals surface area contributed by atoms with Gasteiger partial charge in [0.05, 0.1) is 12.4 Å². The molecule has 5 heteroatoms. The van der Waals surface area contributed by atoms with Crippen LogP contribution < -0.4 is 16.2 Å². The quantitative estimate of drug-likeness (QED) is 0.717. The van der Waals surface area contributed by atoms with E-state index in [2.05, 4.69) is 9.97 Å². The summed E-state index contributed by atoms with van der Waals surface area (Å²) in [4.78, 5) is 16.6. The summed E-state index contributed by atoms with van der Waals surface area (Å²) >= 11 is 0. The summed E-state index contributed by atoms with van der Waals surface area (Å²) in [5, 5.41) is 0. The van der Waals surface area contributed by atoms with Crippen molar-refractivity contribution in [1.29, 1.82) is 0 Å². The van der Waals surface area contributed by atoms with Crippen LogP contribution in [0, 0.1) is 0 Å². The lowest BCUT2D eigenvalue weighted by Crippen LogP contribution is -2.07. The highest BCUT2D eigenvalue weighted by Crippen LogP contribution is 2.20. The number of aromatic amines is 1. The fourth-order valence-electron chi connectivity index (χ4n) is 1.10. The Balaban J connectivity index is 2.22. The highest BCUT2D eigenvalue weighted by molar-refractivity contribution is 5.44. The molecule has 0 saturated heterocycles. The van der Waals surface area contributed by atoms with Gasteiger partial charge in [-0.05, 0) is 12.1 Å². The van der Waals surface area contributed by atoms with E-state index < -0.39 is 5.69 Å². The third-order valence-corrected chi connectivity index (χ3v) is 1.74. The number of hydrogen-bond acceptors (Lipinski definition) is 4. The molecule has 0 aliphatic heterocycles. The molecule has 1 aromatic heterocycles. The molecule has 15 heavy (non-hydrogen) atoms. The molecule has 2 rings (SSSR count). The van der Waals surface area contributed by atoms with Crippen molar-refractivity contribution in [3.63, 3.8) is 0 Å². The maximum atomic E-state index is 10.7. The van der Waals surface area contributed by atoms with Crippen molar-refractivity contribution in [2.45, 2.75) is 0 Å². The number of H-pyrrole nitrogens is 1. The Morgan fingerprint density at radius 1 is 1.33 bits per heavy atom. The summed E-state index contributed by atoms with van der Waals surface area (Å²) in [7, 11) is 0. The fourth-order valence-corrected chi connectivity index (χ4v) is 1.10. The smallest absolute Gasteiger partial charge is 0.345 e. The van der Waals surface area contributed by atoms with Crippen LogP contribution in [0.1, 0.15) is 0 Å². The van der Waals surface area contributed by atoms with Crippen LogP contribution in [0.25, 0.3) is 0 Å². The molecule has 0 spiro atoms. The van der Waals surface area contributed by atoms with Gasteiger partial charge in [0.25, 0.3) is 0 Å². The first-order valence-electron chi connectivity index (χ1n) is 4.32. The Bertz CT molecular complexity index is 502. The minimum Gasteiger partial charge on any atom is -0.454 e. The van der Waals surface area contributed by atoms with Crippen LogP contribution in [-0.4, -0.2) is 9.97 Å². The normalized spacial score (nSPS) is 9.87. The largest absolute Gasteiger partial charge is 0.454 e. The van der Waals surface area contributed by atoms with Gasteiger partial charge in [-0.15, -0.1) is 0 Å². The Morgan fingerprint density at radius 2 is 2.20 bits per heavy atom. The molecule has 0 fully saturated rings. The molecule has 2 aromatic rings. The summed E-state index contributed by atoms with van der Waals surface area (Å²) in [6, 6.07) is 6.99. The summed E-state index contributed by atoms with van der Waals surface area (Å²) in [5.41, 5.74) is 5.79. The van der Waals surface area contributed by atoms with Gasteiger partial charge in [-0.1, -0.05) is 6.07 Å². The standard InChI is InChI=1S/C10H9N3O2/c11-7-2-1-3-8(4-7)15-9-5-12-10(14)13-6-9/h1-6H,11H2,(H,12,13,14). The number of nitrogens with two attached hydrogens (primary N) is 1. The molecular weight excluding hydrogens is 194 g/mol. The minimum atomic E-state index is -0.407. The van der Waals surface area contributed by atoms with E-state index in [1.165, 1.54) is 12.4 Å². The third-order valence-electron chi connectivity index (χ3n) is 1.74. The van der Waals surface area contributed by atoms with Crippen LogP contribution in [0.5, 0.6) is 11.5 Å². The average Bonchev–Trinajstić information content (AvgIpc) is 2.22. The molecule has 0 aliphatic carbocycles. The molecule has 0 unspecified atom stereocenters. The Kier molecular flexibility index (Phi) is 2.37. The van der Waals surface area contributed by atoms with E-state index in [1.54, 1.807) is 24.3 Å². The van der Waals surface area contributed by atoms with Crippen molar-refractivity contribution in [1.82, 2.24) is 9.97 Å². The Labute approximate surface area is 85.5 Å². The van der Waals surface area contributed by atoms with Crippen molar-refractivity contribution in [2.24, 2.45) is 0 Å². The van der Waals surface area contributed by atoms with Crippen molar-refractivity contribution >= 4 is 5.69 Å². The highest BCUT2D eigenvalue weighted by Gasteiger charge is 1.97. The van der Waals surface area contributed by atoms with E-state index >= 15 is 0 Å². The molecule has 0 radical (unpaired) electrons. The third kappa shape index (κ3) is 2.34. The first kappa shape index (κ1) is 9.26. The zero-order valence-electron chi connectivity index (χ0n) is 7.81. The lowest BCUT2D eigenvalue weighted by atomic mass is 10.3. The van der Waals surface area contributed by atoms with Gasteiger partial charge in [-0.2, -0.15) is 4.98 Å². The average molecular weight is 203 g/mol. The molecule has 0 amide bonds. The molecule has 0 atom stereocenters. The van der Waals surface area contributed by atoms with Crippen LogP contribution in [0.3, 0.4) is 0 Å². The van der Waals surface area contributed by atoms with Gasteiger partial charge in [0.2, 0.25) is 0 Å². The van der Waals surface area contributed by atoms with Crippen molar-refractivity contribution < 1.29 is 4.74 Å². The van der Waals surface area contributed by atoms with Gasteiger partial charge in [-0.3, -0.25) is 0 Å². The molecular formula is C10H9N3O2. The topological polar surface area (TPSA) is 81.0 Å². The van der Waals surface area contributed by atoms with E-state index in [0.29, 0.717) is 17.2 Å². The van der Waals surface area contributed by atoms with Crippen LogP contribution in [-0.2, 0) is 0 Å². The van der Waals surface area contributed by atoms with Crippen LogP contribution in [0.15, 0.2) is 41.5 Å². The van der Waals surface area contributed by atoms with Crippen molar-refractivity contribution in [3.8, 4) is 11.5 Å². The van der Waals surface area contributed by atoms with E-state index in [-0.39, 0.29) is 0 Å². The molecule has 1 heterocycles. The van der Waals surface area contributed by atoms with Gasteiger partial charge in [0, 0.05) is 11.8 Å². The predicted octanol–water partition coefficient (Wildman–Crippen LogP) is 1.14. The molecule has 5 nitrogen and oxygen atoms in total. The van der Waals surface area contributed by atoms with Gasteiger partial charge < -0.3 is 15.5 Å². The number of aromatic nitrogens is 2. The first-order valence-corrected chi connectivity index (χ1v) is 4.32. The van der Waals surface area contributed by atoms with Gasteiger partial charge in [-0.25, -0.2) is 4.79 Å². The molecule has 0 aliphatic rings. The predicted molar refractivity (Wildman–Crippen MR) is 55.8 cm³/mol. The van der Waals surface area contributed by atoms with E-state index in [4.69, 9.17) is 10.5 Å². The maximum absolute atomic E-state index is 10.7. The first-order chi connectivity index (χ1) is 7.24. The number of ether oxygens (including phenoxy) is 1. The lowest BCUT2D eigenvalue weighted by Gasteiger charge is -2.04. The summed E-state index contributed by atoms with van der Waals surface area (Å²) < 4.78 is 5.40. The maximum Gasteiger partial charge on any atom is 0.345 e. The molecule has 3 N–H and O–H groups in total. The molecule has 1 aromatic carbocycles. The van der Waals surface area contributed by atoms with Crippen LogP contribution in [0.4, 0.5) is 5.69 Å². The fraction of sp³-hybridized carbons (Fsp3) is 0. The second-order valence-corrected chi connectivity index (χ2v) is 2.93. The van der Waals surface area contributed by atoms with Gasteiger partial charge >= 0.3 is 5.69 Å². The highest BCUT2D eigenvalue weighted by atomic mass is 16.5. The number of nitrogens with one attached hydrogen (secondary N) is 1. The van der Waals surface area contributed by atoms with Crippen LogP contribution in [0.2, 0.25) is 0 Å². The van der Waals surface area contributed by atoms with Crippen LogP contribution >= 0.6 is 0 Å². The molecule has 0 bridgehead atoms. The van der Waals surface area contributed by atoms with Crippen molar-refractivity contribution in [2.75, 3.05) is 5.73 Å². The van der Waals surface area contributed by atoms with E-state index in [9.17, 15) is 4.79 Å². The zero-order valence-corrected chi connectivity index (χ0v) is 7.81. The van der Waals surface area contributed by atoms with E-state index in [0.717, 1.165) is 0 Å². The second kappa shape index (κ2) is 3.83. The van der Waals surface area contributed by atoms with Gasteiger partial charge in [0.15, 0.2) is 5.75 Å². The molecule has 76 valence electrons. The number of nitrogen functional groups attached to an aromatic ring is 1. The number of hydrogen-bond donors (Lipinski definition) is 2. The molecule has 0 saturated carbocycles. The number of anilines is 1. The van der Waals surface area contributed by atoms with E-state index in [1.807, 2.05) is 0 Å². The Hall–Kier alpha value is -2.30. The summed E-state index contributed by atoms with van der Waals surface area (Å²) in [5.74, 6) is 1.06. The zero-order chi connectivity index (χ0) is 10.7. The van der Waals surface area contributed by atoms with Crippen molar-refractivity contribution in [3.05, 3.63) is 47.1 Å². The Morgan fingerprint density at radius 3 is 2.87 bits per heavy atom. The number of rotatable bonds is 2. The second-order valence-electron chi connectivity index (χ2n) is 2.93. The SMILES string of the molecule is Nc1cccc(Oc2cnc(=O)[nH]c2)c1. The van der Waals surface area contributed by atoms with Gasteiger partial charge in [0.1, 0.15) is 5.75 Å². The number of benzene rings is 1.